The fraction of sp³-hybridized carbons (Fsp3) is 0.333. The molecule has 136 valence electrons. The van der Waals surface area contributed by atoms with Crippen LogP contribution in [-0.4, -0.2) is 21.1 Å². The zero-order chi connectivity index (χ0) is 18.3. The second kappa shape index (κ2) is 7.19. The van der Waals surface area contributed by atoms with Gasteiger partial charge in [-0.15, -0.1) is 10.2 Å². The molecule has 2 N–H and O–H groups in total. The molecule has 26 heavy (non-hydrogen) atoms. The predicted octanol–water partition coefficient (Wildman–Crippen LogP) is 5.39. The molecule has 1 fully saturated rings. The molecule has 0 amide bonds. The molecule has 0 saturated heterocycles. The number of nitrogens with zero attached hydrogens (tertiary/aromatic N) is 3. The number of aryl methyl sites for hydroxylation is 1. The first-order valence-corrected chi connectivity index (χ1v) is 9.98. The van der Waals surface area contributed by atoms with Gasteiger partial charge in [0.2, 0.25) is 0 Å². The summed E-state index contributed by atoms with van der Waals surface area (Å²) in [4.78, 5) is 0. The highest BCUT2D eigenvalue weighted by Gasteiger charge is 2.21. The first-order chi connectivity index (χ1) is 12.5. The van der Waals surface area contributed by atoms with E-state index < -0.39 is 0 Å². The van der Waals surface area contributed by atoms with Gasteiger partial charge in [-0.2, -0.15) is 0 Å². The maximum absolute atomic E-state index is 14.3. The summed E-state index contributed by atoms with van der Waals surface area (Å²) in [5, 5.41) is 15.2. The van der Waals surface area contributed by atoms with Crippen LogP contribution in [0.3, 0.4) is 0 Å². The van der Waals surface area contributed by atoms with Crippen LogP contribution in [0.15, 0.2) is 24.4 Å². The molecule has 3 aromatic rings. The Balaban J connectivity index is 1.72. The molecule has 1 aliphatic rings. The van der Waals surface area contributed by atoms with Crippen molar-refractivity contribution in [3.8, 4) is 0 Å². The highest BCUT2D eigenvalue weighted by molar-refractivity contribution is 14.1. The normalized spacial score (nSPS) is 14.0. The SMILES string of the molecule is Cc1nnc2c(Cl)c(Nc3ccc(I)cc3F)c(NCCC3CC3)cn12. The van der Waals surface area contributed by atoms with Crippen LogP contribution in [0.5, 0.6) is 0 Å². The van der Waals surface area contributed by atoms with E-state index >= 15 is 0 Å². The summed E-state index contributed by atoms with van der Waals surface area (Å²) >= 11 is 8.68. The van der Waals surface area contributed by atoms with Crippen LogP contribution >= 0.6 is 34.2 Å². The molecule has 1 saturated carbocycles. The summed E-state index contributed by atoms with van der Waals surface area (Å²) < 4.78 is 17.0. The largest absolute Gasteiger partial charge is 0.382 e. The summed E-state index contributed by atoms with van der Waals surface area (Å²) in [6.45, 7) is 2.72. The van der Waals surface area contributed by atoms with Gasteiger partial charge in [0, 0.05) is 16.3 Å². The van der Waals surface area contributed by atoms with E-state index in [0.717, 1.165) is 34.0 Å². The molecular weight excluding hydrogens is 468 g/mol. The number of halogens is 3. The number of hydrogen-bond acceptors (Lipinski definition) is 4. The third-order valence-corrected chi connectivity index (χ3v) is 5.59. The molecule has 2 aromatic heterocycles. The van der Waals surface area contributed by atoms with Crippen LogP contribution < -0.4 is 10.6 Å². The lowest BCUT2D eigenvalue weighted by molar-refractivity contribution is 0.631. The minimum Gasteiger partial charge on any atom is -0.382 e. The minimum absolute atomic E-state index is 0.325. The quantitative estimate of drug-likeness (QED) is 0.460. The number of anilines is 3. The van der Waals surface area contributed by atoms with Gasteiger partial charge in [0.15, 0.2) is 5.65 Å². The van der Waals surface area contributed by atoms with Crippen molar-refractivity contribution in [2.45, 2.75) is 26.2 Å². The Morgan fingerprint density at radius 2 is 2.12 bits per heavy atom. The number of pyridine rings is 1. The zero-order valence-electron chi connectivity index (χ0n) is 14.2. The van der Waals surface area contributed by atoms with Crippen molar-refractivity contribution in [3.05, 3.63) is 44.6 Å². The van der Waals surface area contributed by atoms with E-state index in [2.05, 4.69) is 43.4 Å². The van der Waals surface area contributed by atoms with E-state index in [9.17, 15) is 4.39 Å². The van der Waals surface area contributed by atoms with Gasteiger partial charge in [-0.25, -0.2) is 4.39 Å². The molecule has 0 atom stereocenters. The van der Waals surface area contributed by atoms with E-state index in [-0.39, 0.29) is 5.82 Å². The van der Waals surface area contributed by atoms with E-state index in [1.807, 2.05) is 23.6 Å². The average molecular weight is 486 g/mol. The molecule has 0 unspecified atom stereocenters. The molecule has 1 aromatic carbocycles. The monoisotopic (exact) mass is 485 g/mol. The number of fused-ring (bicyclic) bond motifs is 1. The summed E-state index contributed by atoms with van der Waals surface area (Å²) in [5.41, 5.74) is 2.34. The molecule has 0 aliphatic heterocycles. The summed E-state index contributed by atoms with van der Waals surface area (Å²) in [6.07, 6.45) is 5.65. The van der Waals surface area contributed by atoms with Crippen LogP contribution in [0.1, 0.15) is 25.1 Å². The first-order valence-electron chi connectivity index (χ1n) is 8.52. The minimum atomic E-state index is -0.325. The maximum Gasteiger partial charge on any atom is 0.181 e. The van der Waals surface area contributed by atoms with Gasteiger partial charge < -0.3 is 10.6 Å². The smallest absolute Gasteiger partial charge is 0.181 e. The second-order valence-corrected chi connectivity index (χ2v) is 8.20. The van der Waals surface area contributed by atoms with Gasteiger partial charge in [0.05, 0.1) is 17.1 Å². The second-order valence-electron chi connectivity index (χ2n) is 6.58. The van der Waals surface area contributed by atoms with Gasteiger partial charge in [0.25, 0.3) is 0 Å². The zero-order valence-corrected chi connectivity index (χ0v) is 17.1. The Hall–Kier alpha value is -1.61. The highest BCUT2D eigenvalue weighted by atomic mass is 127. The third-order valence-electron chi connectivity index (χ3n) is 4.57. The first kappa shape index (κ1) is 17.8. The molecular formula is C18H18ClFIN5. The Morgan fingerprint density at radius 3 is 2.85 bits per heavy atom. The molecule has 5 nitrogen and oxygen atoms in total. The lowest BCUT2D eigenvalue weighted by atomic mass is 10.2. The Labute approximate surface area is 169 Å². The number of aromatic nitrogens is 3. The van der Waals surface area contributed by atoms with Crippen molar-refractivity contribution in [2.24, 2.45) is 5.92 Å². The number of rotatable bonds is 6. The Bertz CT molecular complexity index is 970. The van der Waals surface area contributed by atoms with Gasteiger partial charge in [0.1, 0.15) is 16.7 Å². The summed E-state index contributed by atoms with van der Waals surface area (Å²) in [5.74, 6) is 1.25. The molecule has 0 spiro atoms. The van der Waals surface area contributed by atoms with E-state index in [1.54, 1.807) is 6.07 Å². The fourth-order valence-electron chi connectivity index (χ4n) is 2.90. The van der Waals surface area contributed by atoms with Crippen molar-refractivity contribution in [2.75, 3.05) is 17.2 Å². The van der Waals surface area contributed by atoms with Crippen molar-refractivity contribution >= 4 is 56.9 Å². The van der Waals surface area contributed by atoms with Crippen LogP contribution in [0, 0.1) is 22.2 Å². The van der Waals surface area contributed by atoms with Gasteiger partial charge >= 0.3 is 0 Å². The van der Waals surface area contributed by atoms with Gasteiger partial charge in [-0.1, -0.05) is 24.4 Å². The van der Waals surface area contributed by atoms with Crippen LogP contribution in [0.4, 0.5) is 21.5 Å². The topological polar surface area (TPSA) is 54.2 Å². The van der Waals surface area contributed by atoms with Gasteiger partial charge in [-0.05, 0) is 60.1 Å². The Kier molecular flexibility index (Phi) is 4.92. The molecule has 1 aliphatic carbocycles. The molecule has 8 heteroatoms. The van der Waals surface area contributed by atoms with E-state index in [0.29, 0.717) is 22.0 Å². The van der Waals surface area contributed by atoms with Gasteiger partial charge in [-0.3, -0.25) is 4.40 Å². The van der Waals surface area contributed by atoms with Crippen molar-refractivity contribution in [1.82, 2.24) is 14.6 Å². The maximum atomic E-state index is 14.3. The number of hydrogen-bond donors (Lipinski definition) is 2. The highest BCUT2D eigenvalue weighted by Crippen LogP contribution is 2.37. The van der Waals surface area contributed by atoms with E-state index in [4.69, 9.17) is 11.6 Å². The van der Waals surface area contributed by atoms with Crippen LogP contribution in [0.25, 0.3) is 5.65 Å². The van der Waals surface area contributed by atoms with Crippen LogP contribution in [0.2, 0.25) is 5.02 Å². The van der Waals surface area contributed by atoms with E-state index in [1.165, 1.54) is 18.9 Å². The lowest BCUT2D eigenvalue weighted by Gasteiger charge is -2.17. The standard InChI is InChI=1S/C18H18ClFIN5/c1-10-24-25-18-16(19)17(23-14-5-4-12(21)8-13(14)20)15(9-26(10)18)22-7-6-11-2-3-11/h4-5,8-9,11,22-23H,2-3,6-7H2,1H3. The fourth-order valence-corrected chi connectivity index (χ4v) is 3.63. The average Bonchev–Trinajstić information content (AvgIpc) is 3.35. The molecule has 2 heterocycles. The molecule has 0 bridgehead atoms. The van der Waals surface area contributed by atoms with Crippen molar-refractivity contribution < 1.29 is 4.39 Å². The molecule has 4 rings (SSSR count). The Morgan fingerprint density at radius 1 is 1.31 bits per heavy atom. The predicted molar refractivity (Wildman–Crippen MR) is 111 cm³/mol. The van der Waals surface area contributed by atoms with Crippen LogP contribution in [-0.2, 0) is 0 Å². The van der Waals surface area contributed by atoms with Crippen molar-refractivity contribution in [3.63, 3.8) is 0 Å². The van der Waals surface area contributed by atoms with Crippen molar-refractivity contribution in [1.29, 1.82) is 0 Å². The summed E-state index contributed by atoms with van der Waals surface area (Å²) in [6, 6.07) is 5.04. The lowest BCUT2D eigenvalue weighted by Crippen LogP contribution is -2.08. The third kappa shape index (κ3) is 3.59. The number of nitrogens with one attached hydrogen (secondary N) is 2. The summed E-state index contributed by atoms with van der Waals surface area (Å²) in [7, 11) is 0. The molecule has 0 radical (unpaired) electrons. The number of benzene rings is 1.